The van der Waals surface area contributed by atoms with Crippen LogP contribution in [0.5, 0.6) is 0 Å². The summed E-state index contributed by atoms with van der Waals surface area (Å²) in [5.74, 6) is 0. The minimum atomic E-state index is 0.534. The summed E-state index contributed by atoms with van der Waals surface area (Å²) in [5.41, 5.74) is 7.76. The molecule has 1 unspecified atom stereocenters. The molecule has 1 atom stereocenters. The van der Waals surface area contributed by atoms with Crippen molar-refractivity contribution in [3.05, 3.63) is 107 Å². The van der Waals surface area contributed by atoms with Crippen LogP contribution in [0, 0.1) is 0 Å². The van der Waals surface area contributed by atoms with E-state index in [0.29, 0.717) is 6.04 Å². The molecule has 0 saturated heterocycles. The first-order valence-corrected chi connectivity index (χ1v) is 12.5. The van der Waals surface area contributed by atoms with E-state index in [1.807, 2.05) is 0 Å². The van der Waals surface area contributed by atoms with Crippen molar-refractivity contribution < 1.29 is 0 Å². The van der Waals surface area contributed by atoms with Crippen LogP contribution < -0.4 is 0 Å². The molecule has 2 aromatic carbocycles. The standard InChI is InChI=1S/C32H33N/c1-3-5-6-15-28(4-2)33-31-18-16-26(20-24-11-7-8-12-24)22-29(31)30-23-27(17-19-32(30)33)21-25-13-9-10-14-25/h7-14,16-23,28H,3-6,15H2,1-2H3. The van der Waals surface area contributed by atoms with Crippen molar-refractivity contribution in [2.75, 3.05) is 0 Å². The zero-order valence-corrected chi connectivity index (χ0v) is 19.8. The predicted octanol–water partition coefficient (Wildman–Crippen LogP) is 9.34. The van der Waals surface area contributed by atoms with E-state index in [2.05, 4.69) is 116 Å². The van der Waals surface area contributed by atoms with Crippen LogP contribution in [-0.2, 0) is 0 Å². The highest BCUT2D eigenvalue weighted by Crippen LogP contribution is 2.36. The van der Waals surface area contributed by atoms with Crippen molar-refractivity contribution >= 4 is 34.0 Å². The van der Waals surface area contributed by atoms with Gasteiger partial charge in [-0.1, -0.05) is 93.9 Å². The van der Waals surface area contributed by atoms with Gasteiger partial charge in [-0.25, -0.2) is 0 Å². The van der Waals surface area contributed by atoms with E-state index in [4.69, 9.17) is 0 Å². The minimum absolute atomic E-state index is 0.534. The molecule has 0 amide bonds. The zero-order chi connectivity index (χ0) is 22.6. The number of aromatic nitrogens is 1. The minimum Gasteiger partial charge on any atom is -0.337 e. The van der Waals surface area contributed by atoms with Crippen molar-refractivity contribution in [2.24, 2.45) is 0 Å². The maximum atomic E-state index is 2.62. The van der Waals surface area contributed by atoms with E-state index in [1.165, 1.54) is 69.8 Å². The summed E-state index contributed by atoms with van der Waals surface area (Å²) in [6, 6.07) is 14.5. The Morgan fingerprint density at radius 3 is 1.67 bits per heavy atom. The van der Waals surface area contributed by atoms with Gasteiger partial charge in [0, 0.05) is 27.8 Å². The Morgan fingerprint density at radius 2 is 1.21 bits per heavy atom. The fourth-order valence-corrected chi connectivity index (χ4v) is 5.16. The Hall–Kier alpha value is -3.32. The molecule has 1 heteroatoms. The molecule has 0 fully saturated rings. The second-order valence-corrected chi connectivity index (χ2v) is 9.21. The molecule has 0 spiro atoms. The van der Waals surface area contributed by atoms with E-state index >= 15 is 0 Å². The van der Waals surface area contributed by atoms with Gasteiger partial charge in [-0.05, 0) is 71.5 Å². The van der Waals surface area contributed by atoms with Gasteiger partial charge < -0.3 is 4.57 Å². The third-order valence-electron chi connectivity index (χ3n) is 6.87. The van der Waals surface area contributed by atoms with Gasteiger partial charge in [0.1, 0.15) is 0 Å². The normalized spacial score (nSPS) is 15.5. The van der Waals surface area contributed by atoms with E-state index in [1.54, 1.807) is 0 Å². The predicted molar refractivity (Wildman–Crippen MR) is 145 cm³/mol. The van der Waals surface area contributed by atoms with Crippen molar-refractivity contribution in [2.45, 2.75) is 52.0 Å². The molecule has 2 aliphatic rings. The highest BCUT2D eigenvalue weighted by molar-refractivity contribution is 6.09. The Bertz CT molecular complexity index is 1230. The molecule has 5 rings (SSSR count). The maximum Gasteiger partial charge on any atom is 0.0494 e. The van der Waals surface area contributed by atoms with Crippen LogP contribution in [0.15, 0.2) is 96.2 Å². The molecule has 1 nitrogen and oxygen atoms in total. The number of unbranched alkanes of at least 4 members (excludes halogenated alkanes) is 2. The summed E-state index contributed by atoms with van der Waals surface area (Å²) in [6.07, 6.45) is 27.9. The van der Waals surface area contributed by atoms with Gasteiger partial charge >= 0.3 is 0 Å². The Morgan fingerprint density at radius 1 is 0.697 bits per heavy atom. The zero-order valence-electron chi connectivity index (χ0n) is 19.8. The monoisotopic (exact) mass is 431 g/mol. The van der Waals surface area contributed by atoms with Crippen LogP contribution in [0.2, 0.25) is 0 Å². The van der Waals surface area contributed by atoms with E-state index < -0.39 is 0 Å². The lowest BCUT2D eigenvalue weighted by Gasteiger charge is -2.20. The summed E-state index contributed by atoms with van der Waals surface area (Å²) in [5, 5.41) is 2.72. The molecular weight excluding hydrogens is 398 g/mol. The SMILES string of the molecule is CCCCCC(CC)n1c2ccc(C=C3C=CC=C3)cc2c2cc(C=C3C=CC=C3)ccc21. The van der Waals surface area contributed by atoms with Crippen molar-refractivity contribution in [3.63, 3.8) is 0 Å². The molecule has 33 heavy (non-hydrogen) atoms. The average molecular weight is 432 g/mol. The number of benzene rings is 2. The van der Waals surface area contributed by atoms with Gasteiger partial charge in [-0.3, -0.25) is 0 Å². The van der Waals surface area contributed by atoms with Crippen LogP contribution in [0.1, 0.15) is 63.1 Å². The molecule has 0 N–H and O–H groups in total. The van der Waals surface area contributed by atoms with Gasteiger partial charge in [0.25, 0.3) is 0 Å². The van der Waals surface area contributed by atoms with Crippen LogP contribution >= 0.6 is 0 Å². The first kappa shape index (κ1) is 21.5. The van der Waals surface area contributed by atoms with Crippen LogP contribution in [-0.4, -0.2) is 4.57 Å². The largest absolute Gasteiger partial charge is 0.337 e. The van der Waals surface area contributed by atoms with E-state index in [9.17, 15) is 0 Å². The van der Waals surface area contributed by atoms with Crippen molar-refractivity contribution in [3.8, 4) is 0 Å². The molecule has 166 valence electrons. The summed E-state index contributed by atoms with van der Waals surface area (Å²) in [4.78, 5) is 0. The van der Waals surface area contributed by atoms with Gasteiger partial charge in [0.05, 0.1) is 0 Å². The number of rotatable bonds is 8. The molecule has 0 saturated carbocycles. The lowest BCUT2D eigenvalue weighted by molar-refractivity contribution is 0.451. The fraction of sp³-hybridized carbons (Fsp3) is 0.250. The summed E-state index contributed by atoms with van der Waals surface area (Å²) in [6.45, 7) is 4.63. The molecular formula is C32H33N. The molecule has 0 radical (unpaired) electrons. The lowest BCUT2D eigenvalue weighted by atomic mass is 10.0. The number of hydrogen-bond acceptors (Lipinski definition) is 0. The molecule has 3 aromatic rings. The van der Waals surface area contributed by atoms with Gasteiger partial charge in [-0.15, -0.1) is 0 Å². The van der Waals surface area contributed by atoms with E-state index in [0.717, 1.165) is 6.42 Å². The molecule has 1 aromatic heterocycles. The highest BCUT2D eigenvalue weighted by atomic mass is 15.0. The Kier molecular flexibility index (Phi) is 6.30. The molecule has 1 heterocycles. The van der Waals surface area contributed by atoms with Gasteiger partial charge in [0.15, 0.2) is 0 Å². The first-order chi connectivity index (χ1) is 16.3. The summed E-state index contributed by atoms with van der Waals surface area (Å²) >= 11 is 0. The first-order valence-electron chi connectivity index (χ1n) is 12.5. The molecule has 2 aliphatic carbocycles. The van der Waals surface area contributed by atoms with Crippen molar-refractivity contribution in [1.82, 2.24) is 4.57 Å². The Balaban J connectivity index is 1.67. The number of hydrogen-bond donors (Lipinski definition) is 0. The summed E-state index contributed by atoms with van der Waals surface area (Å²) in [7, 11) is 0. The second-order valence-electron chi connectivity index (χ2n) is 9.21. The lowest BCUT2D eigenvalue weighted by Crippen LogP contribution is -2.08. The average Bonchev–Trinajstić information content (AvgIpc) is 3.59. The highest BCUT2D eigenvalue weighted by Gasteiger charge is 2.18. The maximum absolute atomic E-state index is 2.62. The molecule has 0 aliphatic heterocycles. The van der Waals surface area contributed by atoms with Crippen LogP contribution in [0.3, 0.4) is 0 Å². The van der Waals surface area contributed by atoms with Crippen LogP contribution in [0.4, 0.5) is 0 Å². The van der Waals surface area contributed by atoms with E-state index in [-0.39, 0.29) is 0 Å². The third kappa shape index (κ3) is 4.46. The number of fused-ring (bicyclic) bond motifs is 3. The third-order valence-corrected chi connectivity index (χ3v) is 6.87. The van der Waals surface area contributed by atoms with Gasteiger partial charge in [0.2, 0.25) is 0 Å². The Labute approximate surface area is 197 Å². The second kappa shape index (κ2) is 9.67. The van der Waals surface area contributed by atoms with Crippen LogP contribution in [0.25, 0.3) is 34.0 Å². The smallest absolute Gasteiger partial charge is 0.0494 e. The summed E-state index contributed by atoms with van der Waals surface area (Å²) < 4.78 is 2.62. The topological polar surface area (TPSA) is 4.93 Å². The molecule has 0 bridgehead atoms. The fourth-order valence-electron chi connectivity index (χ4n) is 5.16. The number of allylic oxidation sites excluding steroid dienone is 10. The van der Waals surface area contributed by atoms with Gasteiger partial charge in [-0.2, -0.15) is 0 Å². The number of nitrogens with zero attached hydrogens (tertiary/aromatic N) is 1. The quantitative estimate of drug-likeness (QED) is 0.313. The van der Waals surface area contributed by atoms with Crippen molar-refractivity contribution in [1.29, 1.82) is 0 Å².